The lowest BCUT2D eigenvalue weighted by atomic mass is 10.2. The highest BCUT2D eigenvalue weighted by Gasteiger charge is 2.04. The minimum Gasteiger partial charge on any atom is -0.266 e. The molecule has 0 aliphatic heterocycles. The summed E-state index contributed by atoms with van der Waals surface area (Å²) in [6.07, 6.45) is 5.05. The molecular weight excluding hydrogens is 287 g/mol. The lowest BCUT2D eigenvalue weighted by molar-refractivity contribution is 0.685. The smallest absolute Gasteiger partial charge is 0.144 e. The summed E-state index contributed by atoms with van der Waals surface area (Å²) < 4.78 is 3.31. The molecule has 1 aromatic carbocycles. The van der Waals surface area contributed by atoms with Gasteiger partial charge in [0, 0.05) is 0 Å². The van der Waals surface area contributed by atoms with Crippen molar-refractivity contribution in [1.29, 1.82) is 0 Å². The fraction of sp³-hybridized carbons (Fsp3) is 0.0909. The summed E-state index contributed by atoms with van der Waals surface area (Å²) in [6, 6.07) is 5.50. The number of hydrogen-bond acceptors (Lipinski definition) is 4. The molecule has 0 N–H and O–H groups in total. The molecule has 0 unspecified atom stereocenters. The van der Waals surface area contributed by atoms with Gasteiger partial charge in [0.1, 0.15) is 12.0 Å². The zero-order valence-corrected chi connectivity index (χ0v) is 11.1. The molecule has 0 amide bonds. The molecule has 0 radical (unpaired) electrons. The highest BCUT2D eigenvalue weighted by molar-refractivity contribution is 6.42. The van der Waals surface area contributed by atoms with Crippen LogP contribution in [0.5, 0.6) is 0 Å². The Kier molecular flexibility index (Phi) is 3.18. The van der Waals surface area contributed by atoms with Crippen LogP contribution in [0.25, 0.3) is 5.69 Å². The molecular formula is C11H8Cl2N6. The maximum absolute atomic E-state index is 5.97. The van der Waals surface area contributed by atoms with Gasteiger partial charge in [-0.05, 0) is 28.1 Å². The molecule has 0 aliphatic carbocycles. The summed E-state index contributed by atoms with van der Waals surface area (Å²) in [4.78, 5) is 0. The monoisotopic (exact) mass is 294 g/mol. The summed E-state index contributed by atoms with van der Waals surface area (Å²) in [5.41, 5.74) is 1.81. The Bertz CT molecular complexity index is 691. The molecule has 96 valence electrons. The Morgan fingerprint density at radius 3 is 2.79 bits per heavy atom. The first kappa shape index (κ1) is 12.1. The molecule has 0 aliphatic rings. The average Bonchev–Trinajstić information content (AvgIpc) is 3.04. The van der Waals surface area contributed by atoms with Gasteiger partial charge in [-0.3, -0.25) is 4.68 Å². The molecule has 8 heteroatoms. The molecule has 2 heterocycles. The molecule has 2 aromatic heterocycles. The quantitative estimate of drug-likeness (QED) is 0.743. The molecule has 3 aromatic rings. The second-order valence-corrected chi connectivity index (χ2v) is 4.71. The van der Waals surface area contributed by atoms with Crippen LogP contribution in [-0.4, -0.2) is 30.0 Å². The lowest BCUT2D eigenvalue weighted by Crippen LogP contribution is -2.00. The number of aromatic nitrogens is 6. The van der Waals surface area contributed by atoms with Crippen LogP contribution in [-0.2, 0) is 6.54 Å². The minimum absolute atomic E-state index is 0.534. The summed E-state index contributed by atoms with van der Waals surface area (Å²) in [6.45, 7) is 0.596. The van der Waals surface area contributed by atoms with E-state index in [0.29, 0.717) is 16.6 Å². The fourth-order valence-corrected chi connectivity index (χ4v) is 1.98. The number of halogens is 2. The third kappa shape index (κ3) is 2.59. The van der Waals surface area contributed by atoms with Crippen LogP contribution in [0.4, 0.5) is 0 Å². The van der Waals surface area contributed by atoms with Crippen molar-refractivity contribution in [2.24, 2.45) is 0 Å². The van der Waals surface area contributed by atoms with Gasteiger partial charge in [-0.15, -0.1) is 5.10 Å². The number of benzene rings is 1. The van der Waals surface area contributed by atoms with Gasteiger partial charge in [0.05, 0.1) is 29.0 Å². The largest absolute Gasteiger partial charge is 0.266 e. The van der Waals surface area contributed by atoms with Gasteiger partial charge in [0.2, 0.25) is 0 Å². The first-order chi connectivity index (χ1) is 9.22. The number of hydrogen-bond donors (Lipinski definition) is 0. The van der Waals surface area contributed by atoms with E-state index in [1.54, 1.807) is 21.6 Å². The zero-order valence-electron chi connectivity index (χ0n) is 9.61. The van der Waals surface area contributed by atoms with Crippen LogP contribution in [0.3, 0.4) is 0 Å². The van der Waals surface area contributed by atoms with Gasteiger partial charge in [0.25, 0.3) is 0 Å². The summed E-state index contributed by atoms with van der Waals surface area (Å²) >= 11 is 11.8. The maximum atomic E-state index is 5.97. The third-order valence-electron chi connectivity index (χ3n) is 2.56. The van der Waals surface area contributed by atoms with E-state index in [0.717, 1.165) is 11.3 Å². The fourth-order valence-electron chi connectivity index (χ4n) is 1.66. The van der Waals surface area contributed by atoms with Crippen molar-refractivity contribution in [2.75, 3.05) is 0 Å². The van der Waals surface area contributed by atoms with Crippen LogP contribution in [0.1, 0.15) is 5.56 Å². The summed E-state index contributed by atoms with van der Waals surface area (Å²) in [5.74, 6) is 0. The standard InChI is InChI=1S/C11H8Cl2N6/c12-10-2-1-8(3-11(10)13)5-18-6-9(4-15-18)19-7-14-16-17-19/h1-4,6-7H,5H2. The first-order valence-electron chi connectivity index (χ1n) is 5.42. The first-order valence-corrected chi connectivity index (χ1v) is 6.18. The van der Waals surface area contributed by atoms with Crippen LogP contribution in [0, 0.1) is 0 Å². The van der Waals surface area contributed by atoms with Gasteiger partial charge in [0.15, 0.2) is 0 Å². The highest BCUT2D eigenvalue weighted by Crippen LogP contribution is 2.23. The average molecular weight is 295 g/mol. The molecule has 0 spiro atoms. The van der Waals surface area contributed by atoms with Gasteiger partial charge in [-0.1, -0.05) is 29.3 Å². The van der Waals surface area contributed by atoms with Crippen LogP contribution < -0.4 is 0 Å². The molecule has 6 nitrogen and oxygen atoms in total. The van der Waals surface area contributed by atoms with Gasteiger partial charge in [-0.25, -0.2) is 0 Å². The second-order valence-electron chi connectivity index (χ2n) is 3.90. The van der Waals surface area contributed by atoms with Gasteiger partial charge in [-0.2, -0.15) is 9.78 Å². The van der Waals surface area contributed by atoms with Crippen molar-refractivity contribution < 1.29 is 0 Å². The van der Waals surface area contributed by atoms with E-state index in [1.165, 1.54) is 6.33 Å². The van der Waals surface area contributed by atoms with E-state index < -0.39 is 0 Å². The lowest BCUT2D eigenvalue weighted by Gasteiger charge is -2.03. The van der Waals surface area contributed by atoms with Crippen molar-refractivity contribution >= 4 is 23.2 Å². The topological polar surface area (TPSA) is 61.4 Å². The normalized spacial score (nSPS) is 10.8. The molecule has 3 rings (SSSR count). The van der Waals surface area contributed by atoms with E-state index in [-0.39, 0.29) is 0 Å². The molecule has 19 heavy (non-hydrogen) atoms. The Hall–Kier alpha value is -1.92. The Labute approximate surface area is 118 Å². The molecule has 0 bridgehead atoms. The maximum Gasteiger partial charge on any atom is 0.144 e. The second kappa shape index (κ2) is 4.99. The Morgan fingerprint density at radius 1 is 1.16 bits per heavy atom. The van der Waals surface area contributed by atoms with Crippen LogP contribution in [0.2, 0.25) is 10.0 Å². The number of tetrazole rings is 1. The van der Waals surface area contributed by atoms with Crippen molar-refractivity contribution in [1.82, 2.24) is 30.0 Å². The van der Waals surface area contributed by atoms with E-state index in [9.17, 15) is 0 Å². The van der Waals surface area contributed by atoms with E-state index in [1.807, 2.05) is 18.3 Å². The van der Waals surface area contributed by atoms with Crippen molar-refractivity contribution in [2.45, 2.75) is 6.54 Å². The molecule has 0 atom stereocenters. The van der Waals surface area contributed by atoms with Crippen molar-refractivity contribution in [3.8, 4) is 5.69 Å². The van der Waals surface area contributed by atoms with Crippen molar-refractivity contribution in [3.63, 3.8) is 0 Å². The Morgan fingerprint density at radius 2 is 2.05 bits per heavy atom. The molecule has 0 saturated carbocycles. The van der Waals surface area contributed by atoms with Crippen LogP contribution in [0.15, 0.2) is 36.9 Å². The number of nitrogens with zero attached hydrogens (tertiary/aromatic N) is 6. The van der Waals surface area contributed by atoms with E-state index >= 15 is 0 Å². The van der Waals surface area contributed by atoms with Crippen LogP contribution >= 0.6 is 23.2 Å². The van der Waals surface area contributed by atoms with Gasteiger partial charge >= 0.3 is 0 Å². The highest BCUT2D eigenvalue weighted by atomic mass is 35.5. The molecule has 0 fully saturated rings. The molecule has 0 saturated heterocycles. The van der Waals surface area contributed by atoms with Crippen molar-refractivity contribution in [3.05, 3.63) is 52.5 Å². The summed E-state index contributed by atoms with van der Waals surface area (Å²) in [7, 11) is 0. The minimum atomic E-state index is 0.534. The zero-order chi connectivity index (χ0) is 13.2. The summed E-state index contributed by atoms with van der Waals surface area (Å²) in [5, 5.41) is 16.3. The van der Waals surface area contributed by atoms with E-state index in [2.05, 4.69) is 20.6 Å². The number of rotatable bonds is 3. The Balaban J connectivity index is 1.82. The third-order valence-corrected chi connectivity index (χ3v) is 3.30. The predicted molar refractivity (Wildman–Crippen MR) is 70.5 cm³/mol. The van der Waals surface area contributed by atoms with E-state index in [4.69, 9.17) is 23.2 Å². The predicted octanol–water partition coefficient (Wildman–Crippen LogP) is 2.21. The SMILES string of the molecule is Clc1ccc(Cn2cc(-n3cnnn3)cn2)cc1Cl. The van der Waals surface area contributed by atoms with Gasteiger partial charge < -0.3 is 0 Å².